The molecule has 8 nitrogen and oxygen atoms in total. The van der Waals surface area contributed by atoms with Crippen LogP contribution in [0.5, 0.6) is 0 Å². The molecule has 2 saturated carbocycles. The van der Waals surface area contributed by atoms with Crippen molar-refractivity contribution in [2.75, 3.05) is 13.2 Å². The van der Waals surface area contributed by atoms with Crippen LogP contribution in [0, 0.1) is 11.8 Å². The maximum Gasteiger partial charge on any atom is 0.338 e. The van der Waals surface area contributed by atoms with Crippen molar-refractivity contribution in [1.82, 2.24) is 0 Å². The van der Waals surface area contributed by atoms with Gasteiger partial charge in [-0.2, -0.15) is 19.6 Å². The molecule has 0 unspecified atom stereocenters. The van der Waals surface area contributed by atoms with Crippen molar-refractivity contribution < 1.29 is 38.6 Å². The fraction of sp³-hybridized carbons (Fsp3) is 0.500. The van der Waals surface area contributed by atoms with E-state index in [1.807, 2.05) is 12.1 Å². The summed E-state index contributed by atoms with van der Waals surface area (Å²) in [7, 11) is 0. The molecule has 2 aliphatic carbocycles. The number of hydrogen-bond acceptors (Lipinski definition) is 8. The van der Waals surface area contributed by atoms with Gasteiger partial charge in [0.1, 0.15) is 0 Å². The molecule has 0 radical (unpaired) electrons. The monoisotopic (exact) mass is 496 g/mol. The number of hydrogen-bond donors (Lipinski definition) is 0. The van der Waals surface area contributed by atoms with E-state index < -0.39 is 23.5 Å². The molecule has 5 rings (SSSR count). The van der Waals surface area contributed by atoms with Gasteiger partial charge in [-0.05, 0) is 49.9 Å². The minimum atomic E-state index is -1.15. The van der Waals surface area contributed by atoms with Crippen LogP contribution in [0.2, 0.25) is 0 Å². The van der Waals surface area contributed by atoms with Crippen LogP contribution >= 0.6 is 0 Å². The van der Waals surface area contributed by atoms with Gasteiger partial charge in [0.15, 0.2) is 0 Å². The quantitative estimate of drug-likeness (QED) is 0.389. The van der Waals surface area contributed by atoms with Crippen molar-refractivity contribution in [1.29, 1.82) is 0 Å². The van der Waals surface area contributed by atoms with Crippen LogP contribution in [0.3, 0.4) is 0 Å². The Labute approximate surface area is 210 Å². The van der Waals surface area contributed by atoms with E-state index in [0.717, 1.165) is 38.5 Å². The summed E-state index contributed by atoms with van der Waals surface area (Å²) in [6, 6.07) is 17.8. The lowest BCUT2D eigenvalue weighted by Crippen LogP contribution is -2.59. The Morgan fingerprint density at radius 3 is 1.42 bits per heavy atom. The third kappa shape index (κ3) is 5.32. The molecule has 3 aliphatic rings. The number of ether oxygens (including phenoxy) is 2. The summed E-state index contributed by atoms with van der Waals surface area (Å²) in [5.41, 5.74) is 0.990. The normalized spacial score (nSPS) is 30.1. The summed E-state index contributed by atoms with van der Waals surface area (Å²) in [6.45, 7) is 0.261. The highest BCUT2D eigenvalue weighted by atomic mass is 17.4. The minimum Gasteiger partial charge on any atom is -0.462 e. The lowest BCUT2D eigenvalue weighted by molar-refractivity contribution is -0.676. The SMILES string of the molecule is O=C(OC[C@H]1CCCCC12OOC1(CCCC[C@H]1COC(=O)c1ccccc1)OO2)c1ccccc1. The van der Waals surface area contributed by atoms with Crippen molar-refractivity contribution in [2.24, 2.45) is 11.8 Å². The second kappa shape index (κ2) is 11.1. The highest BCUT2D eigenvalue weighted by Crippen LogP contribution is 2.48. The first-order valence-electron chi connectivity index (χ1n) is 12.8. The summed E-state index contributed by atoms with van der Waals surface area (Å²) in [5, 5.41) is 0. The van der Waals surface area contributed by atoms with Gasteiger partial charge in [-0.1, -0.05) is 49.2 Å². The molecule has 2 spiro atoms. The molecule has 2 atom stereocenters. The fourth-order valence-electron chi connectivity index (χ4n) is 5.21. The predicted molar refractivity (Wildman–Crippen MR) is 127 cm³/mol. The van der Waals surface area contributed by atoms with Gasteiger partial charge < -0.3 is 9.47 Å². The van der Waals surface area contributed by atoms with Gasteiger partial charge in [0.25, 0.3) is 0 Å². The number of rotatable bonds is 6. The molecule has 0 N–H and O–H groups in total. The molecule has 1 aliphatic heterocycles. The Kier molecular flexibility index (Phi) is 7.67. The lowest BCUT2D eigenvalue weighted by atomic mass is 9.82. The zero-order valence-electron chi connectivity index (χ0n) is 20.3. The summed E-state index contributed by atoms with van der Waals surface area (Å²) < 4.78 is 11.2. The standard InChI is InChI=1S/C28H32O8/c29-25(21-11-3-1-4-12-21)31-19-23-15-7-9-17-27(23)33-35-28(36-34-27)18-10-8-16-24(28)20-32-26(30)22-13-5-2-6-14-22/h1-6,11-14,23-24H,7-10,15-20H2/t23-,24+,27?,28?. The van der Waals surface area contributed by atoms with Crippen LogP contribution in [-0.4, -0.2) is 36.7 Å². The topological polar surface area (TPSA) is 89.5 Å². The molecule has 0 amide bonds. The Morgan fingerprint density at radius 1 is 0.639 bits per heavy atom. The van der Waals surface area contributed by atoms with Gasteiger partial charge in [-0.3, -0.25) is 0 Å². The summed E-state index contributed by atoms with van der Waals surface area (Å²) in [4.78, 5) is 48.9. The van der Waals surface area contributed by atoms with E-state index in [0.29, 0.717) is 24.0 Å². The largest absolute Gasteiger partial charge is 0.462 e. The fourth-order valence-corrected chi connectivity index (χ4v) is 5.21. The highest BCUT2D eigenvalue weighted by molar-refractivity contribution is 5.89. The van der Waals surface area contributed by atoms with Crippen LogP contribution < -0.4 is 0 Å². The number of esters is 2. The van der Waals surface area contributed by atoms with Gasteiger partial charge in [-0.15, -0.1) is 0 Å². The van der Waals surface area contributed by atoms with Crippen LogP contribution in [0.15, 0.2) is 60.7 Å². The van der Waals surface area contributed by atoms with E-state index in [1.54, 1.807) is 48.5 Å². The van der Waals surface area contributed by atoms with E-state index in [9.17, 15) is 9.59 Å². The van der Waals surface area contributed by atoms with Gasteiger partial charge in [-0.25, -0.2) is 9.59 Å². The Bertz CT molecular complexity index is 933. The first kappa shape index (κ1) is 24.9. The van der Waals surface area contributed by atoms with Crippen LogP contribution in [0.1, 0.15) is 72.1 Å². The van der Waals surface area contributed by atoms with Crippen LogP contribution in [0.4, 0.5) is 0 Å². The highest BCUT2D eigenvalue weighted by Gasteiger charge is 2.57. The number of benzene rings is 2. The van der Waals surface area contributed by atoms with Crippen LogP contribution in [-0.2, 0) is 29.0 Å². The van der Waals surface area contributed by atoms with E-state index in [2.05, 4.69) is 0 Å². The van der Waals surface area contributed by atoms with E-state index in [4.69, 9.17) is 29.0 Å². The average Bonchev–Trinajstić information content (AvgIpc) is 2.94. The third-order valence-electron chi connectivity index (χ3n) is 7.40. The van der Waals surface area contributed by atoms with Gasteiger partial charge in [0.2, 0.25) is 11.6 Å². The van der Waals surface area contributed by atoms with Gasteiger partial charge in [0.05, 0.1) is 36.2 Å². The first-order valence-corrected chi connectivity index (χ1v) is 12.8. The second-order valence-corrected chi connectivity index (χ2v) is 9.77. The van der Waals surface area contributed by atoms with E-state index in [-0.39, 0.29) is 25.0 Å². The Morgan fingerprint density at radius 2 is 1.03 bits per heavy atom. The molecular formula is C28H32O8. The molecule has 3 fully saturated rings. The maximum absolute atomic E-state index is 12.5. The van der Waals surface area contributed by atoms with Crippen molar-refractivity contribution >= 4 is 11.9 Å². The summed E-state index contributed by atoms with van der Waals surface area (Å²) in [6.07, 6.45) is 6.30. The molecule has 1 heterocycles. The smallest absolute Gasteiger partial charge is 0.338 e. The molecule has 2 aromatic rings. The lowest BCUT2D eigenvalue weighted by Gasteiger charge is -2.50. The zero-order chi connectivity index (χ0) is 24.8. The summed E-state index contributed by atoms with van der Waals surface area (Å²) in [5.74, 6) is -3.56. The predicted octanol–water partition coefficient (Wildman–Crippen LogP) is 5.38. The van der Waals surface area contributed by atoms with Crippen LogP contribution in [0.25, 0.3) is 0 Å². The molecule has 192 valence electrons. The number of carbonyl (C=O) groups excluding carboxylic acids is 2. The third-order valence-corrected chi connectivity index (χ3v) is 7.40. The maximum atomic E-state index is 12.5. The summed E-state index contributed by atoms with van der Waals surface area (Å²) >= 11 is 0. The Balaban J connectivity index is 1.21. The van der Waals surface area contributed by atoms with Crippen molar-refractivity contribution in [3.63, 3.8) is 0 Å². The van der Waals surface area contributed by atoms with E-state index >= 15 is 0 Å². The minimum absolute atomic E-state index is 0.131. The van der Waals surface area contributed by atoms with Crippen molar-refractivity contribution in [2.45, 2.75) is 62.9 Å². The molecule has 0 bridgehead atoms. The molecular weight excluding hydrogens is 464 g/mol. The molecule has 36 heavy (non-hydrogen) atoms. The van der Waals surface area contributed by atoms with E-state index in [1.165, 1.54) is 0 Å². The molecule has 8 heteroatoms. The first-order chi connectivity index (χ1) is 17.6. The molecule has 1 saturated heterocycles. The second-order valence-electron chi connectivity index (χ2n) is 9.77. The zero-order valence-corrected chi connectivity index (χ0v) is 20.3. The molecule has 0 aromatic heterocycles. The van der Waals surface area contributed by atoms with Gasteiger partial charge >= 0.3 is 11.9 Å². The Hall–Kier alpha value is -2.78. The number of carbonyl (C=O) groups is 2. The van der Waals surface area contributed by atoms with Crippen molar-refractivity contribution in [3.05, 3.63) is 71.8 Å². The molecule has 2 aromatic carbocycles. The van der Waals surface area contributed by atoms with Crippen molar-refractivity contribution in [3.8, 4) is 0 Å². The average molecular weight is 497 g/mol. The van der Waals surface area contributed by atoms with Gasteiger partial charge in [0, 0.05) is 12.8 Å².